The Morgan fingerprint density at radius 1 is 0.704 bits per heavy atom. The molecule has 0 radical (unpaired) electrons. The van der Waals surface area contributed by atoms with Gasteiger partial charge in [0.05, 0.1) is 13.1 Å². The second-order valence-corrected chi connectivity index (χ2v) is 8.70. The SMILES string of the molecule is C(#CCN1CCN(Cc2ccc3ccccc3c2)CC1)CN1CCSCC1. The van der Waals surface area contributed by atoms with Gasteiger partial charge < -0.3 is 0 Å². The van der Waals surface area contributed by atoms with Gasteiger partial charge in [-0.1, -0.05) is 48.2 Å². The van der Waals surface area contributed by atoms with E-state index in [9.17, 15) is 0 Å². The molecule has 4 rings (SSSR count). The number of hydrogen-bond donors (Lipinski definition) is 0. The Hall–Kier alpha value is -1.51. The van der Waals surface area contributed by atoms with Crippen molar-refractivity contribution in [2.24, 2.45) is 0 Å². The summed E-state index contributed by atoms with van der Waals surface area (Å²) < 4.78 is 0. The monoisotopic (exact) mass is 379 g/mol. The molecule has 0 saturated carbocycles. The molecule has 4 heteroatoms. The van der Waals surface area contributed by atoms with Crippen LogP contribution in [0.2, 0.25) is 0 Å². The minimum atomic E-state index is 0.923. The van der Waals surface area contributed by atoms with E-state index in [1.165, 1.54) is 40.9 Å². The number of rotatable bonds is 4. The number of nitrogens with zero attached hydrogens (tertiary/aromatic N) is 3. The van der Waals surface area contributed by atoms with Gasteiger partial charge in [-0.15, -0.1) is 0 Å². The van der Waals surface area contributed by atoms with Gasteiger partial charge in [0.1, 0.15) is 0 Å². The molecule has 0 atom stereocenters. The van der Waals surface area contributed by atoms with Crippen LogP contribution in [-0.4, -0.2) is 78.6 Å². The third-order valence-corrected chi connectivity index (χ3v) is 6.46. The summed E-state index contributed by atoms with van der Waals surface area (Å²) in [6.45, 7) is 9.85. The molecule has 0 unspecified atom stereocenters. The highest BCUT2D eigenvalue weighted by Gasteiger charge is 2.16. The van der Waals surface area contributed by atoms with Crippen LogP contribution in [0.25, 0.3) is 10.8 Å². The summed E-state index contributed by atoms with van der Waals surface area (Å²) in [7, 11) is 0. The minimum absolute atomic E-state index is 0.923. The molecule has 27 heavy (non-hydrogen) atoms. The van der Waals surface area contributed by atoms with Crippen LogP contribution in [-0.2, 0) is 6.54 Å². The quantitative estimate of drug-likeness (QED) is 0.755. The van der Waals surface area contributed by atoms with Crippen LogP contribution in [0.5, 0.6) is 0 Å². The van der Waals surface area contributed by atoms with Crippen LogP contribution in [0.3, 0.4) is 0 Å². The standard InChI is InChI=1S/C23H29N3S/c1-2-6-23-19-21(7-8-22(23)5-1)20-26-13-11-24(12-14-26)9-3-4-10-25-15-17-27-18-16-25/h1-2,5-8,19H,9-18,20H2. The van der Waals surface area contributed by atoms with Gasteiger partial charge in [0.25, 0.3) is 0 Å². The molecule has 0 N–H and O–H groups in total. The van der Waals surface area contributed by atoms with E-state index in [0.717, 1.165) is 45.8 Å². The molecule has 0 aromatic heterocycles. The van der Waals surface area contributed by atoms with Gasteiger partial charge in [0.2, 0.25) is 0 Å². The summed E-state index contributed by atoms with van der Waals surface area (Å²) in [6, 6.07) is 15.5. The molecule has 2 aromatic rings. The van der Waals surface area contributed by atoms with Gasteiger partial charge in [0, 0.05) is 57.3 Å². The molecule has 2 aromatic carbocycles. The third kappa shape index (κ3) is 5.49. The van der Waals surface area contributed by atoms with Crippen molar-refractivity contribution in [2.75, 3.05) is 63.9 Å². The van der Waals surface area contributed by atoms with E-state index >= 15 is 0 Å². The fraction of sp³-hybridized carbons (Fsp3) is 0.478. The fourth-order valence-corrected chi connectivity index (χ4v) is 4.77. The van der Waals surface area contributed by atoms with Crippen LogP contribution in [0.15, 0.2) is 42.5 Å². The van der Waals surface area contributed by atoms with Crippen molar-refractivity contribution < 1.29 is 0 Å². The molecular formula is C23H29N3S. The number of hydrogen-bond acceptors (Lipinski definition) is 4. The Balaban J connectivity index is 1.20. The van der Waals surface area contributed by atoms with E-state index in [1.807, 2.05) is 0 Å². The zero-order valence-electron chi connectivity index (χ0n) is 16.1. The molecule has 2 aliphatic heterocycles. The summed E-state index contributed by atoms with van der Waals surface area (Å²) in [6.07, 6.45) is 0. The van der Waals surface area contributed by atoms with Gasteiger partial charge in [0.15, 0.2) is 0 Å². The van der Waals surface area contributed by atoms with Crippen molar-refractivity contribution in [2.45, 2.75) is 6.54 Å². The number of fused-ring (bicyclic) bond motifs is 1. The summed E-state index contributed by atoms with van der Waals surface area (Å²) in [5, 5.41) is 2.67. The highest BCUT2D eigenvalue weighted by atomic mass is 32.2. The highest BCUT2D eigenvalue weighted by Crippen LogP contribution is 2.17. The molecule has 2 saturated heterocycles. The lowest BCUT2D eigenvalue weighted by Gasteiger charge is -2.33. The Labute approximate surface area is 167 Å². The first-order valence-corrected chi connectivity index (χ1v) is 11.2. The molecule has 2 heterocycles. The second-order valence-electron chi connectivity index (χ2n) is 7.48. The molecular weight excluding hydrogens is 350 g/mol. The minimum Gasteiger partial charge on any atom is -0.297 e. The van der Waals surface area contributed by atoms with Crippen molar-refractivity contribution in [3.63, 3.8) is 0 Å². The maximum absolute atomic E-state index is 3.40. The third-order valence-electron chi connectivity index (χ3n) is 5.52. The van der Waals surface area contributed by atoms with Gasteiger partial charge >= 0.3 is 0 Å². The Morgan fingerprint density at radius 2 is 1.33 bits per heavy atom. The average molecular weight is 380 g/mol. The molecule has 0 bridgehead atoms. The van der Waals surface area contributed by atoms with Crippen molar-refractivity contribution in [3.8, 4) is 11.8 Å². The lowest BCUT2D eigenvalue weighted by Crippen LogP contribution is -2.45. The van der Waals surface area contributed by atoms with Crippen LogP contribution in [0.4, 0.5) is 0 Å². The van der Waals surface area contributed by atoms with Gasteiger partial charge in [-0.05, 0) is 22.4 Å². The largest absolute Gasteiger partial charge is 0.297 e. The van der Waals surface area contributed by atoms with Crippen LogP contribution >= 0.6 is 11.8 Å². The molecule has 2 aliphatic rings. The van der Waals surface area contributed by atoms with E-state index in [1.54, 1.807) is 0 Å². The predicted molar refractivity (Wildman–Crippen MR) is 117 cm³/mol. The first-order valence-electron chi connectivity index (χ1n) is 10.0. The normalized spacial score (nSPS) is 19.7. The van der Waals surface area contributed by atoms with E-state index in [-0.39, 0.29) is 0 Å². The van der Waals surface area contributed by atoms with Crippen molar-refractivity contribution in [1.29, 1.82) is 0 Å². The predicted octanol–water partition coefficient (Wildman–Crippen LogP) is 3.01. The first-order chi connectivity index (χ1) is 13.4. The summed E-state index contributed by atoms with van der Waals surface area (Å²) in [5.41, 5.74) is 1.42. The highest BCUT2D eigenvalue weighted by molar-refractivity contribution is 7.99. The topological polar surface area (TPSA) is 9.72 Å². The van der Waals surface area contributed by atoms with E-state index in [4.69, 9.17) is 0 Å². The molecule has 142 valence electrons. The van der Waals surface area contributed by atoms with E-state index in [0.29, 0.717) is 0 Å². The first kappa shape index (κ1) is 18.8. The lowest BCUT2D eigenvalue weighted by molar-refractivity contribution is 0.138. The van der Waals surface area contributed by atoms with Crippen LogP contribution in [0.1, 0.15) is 5.56 Å². The average Bonchev–Trinajstić information content (AvgIpc) is 2.73. The van der Waals surface area contributed by atoms with Crippen LogP contribution < -0.4 is 0 Å². The Kier molecular flexibility index (Phi) is 6.71. The van der Waals surface area contributed by atoms with Crippen LogP contribution in [0, 0.1) is 11.8 Å². The Morgan fingerprint density at radius 3 is 2.07 bits per heavy atom. The van der Waals surface area contributed by atoms with E-state index < -0.39 is 0 Å². The van der Waals surface area contributed by atoms with Gasteiger partial charge in [-0.2, -0.15) is 11.8 Å². The summed E-state index contributed by atoms with van der Waals surface area (Å²) in [5.74, 6) is 9.31. The molecule has 0 amide bonds. The number of benzene rings is 2. The number of piperazine rings is 1. The molecule has 2 fully saturated rings. The maximum atomic E-state index is 3.40. The Bertz CT molecular complexity index is 796. The van der Waals surface area contributed by atoms with Crippen molar-refractivity contribution >= 4 is 22.5 Å². The zero-order chi connectivity index (χ0) is 18.3. The smallest absolute Gasteiger partial charge is 0.0602 e. The summed E-state index contributed by atoms with van der Waals surface area (Å²) in [4.78, 5) is 7.54. The van der Waals surface area contributed by atoms with Crippen molar-refractivity contribution in [1.82, 2.24) is 14.7 Å². The van der Waals surface area contributed by atoms with Gasteiger partial charge in [-0.3, -0.25) is 14.7 Å². The van der Waals surface area contributed by atoms with Gasteiger partial charge in [-0.25, -0.2) is 0 Å². The lowest BCUT2D eigenvalue weighted by atomic mass is 10.1. The number of thioether (sulfide) groups is 1. The molecule has 0 aliphatic carbocycles. The maximum Gasteiger partial charge on any atom is 0.0602 e. The second kappa shape index (κ2) is 9.61. The van der Waals surface area contributed by atoms with Crippen molar-refractivity contribution in [3.05, 3.63) is 48.0 Å². The van der Waals surface area contributed by atoms with E-state index in [2.05, 4.69) is 80.8 Å². The fourth-order valence-electron chi connectivity index (χ4n) is 3.80. The summed E-state index contributed by atoms with van der Waals surface area (Å²) >= 11 is 2.06. The zero-order valence-corrected chi connectivity index (χ0v) is 16.9. The molecule has 0 spiro atoms. The molecule has 3 nitrogen and oxygen atoms in total.